The summed E-state index contributed by atoms with van der Waals surface area (Å²) in [5.74, 6) is 0.606. The average molecular weight is 255 g/mol. The van der Waals surface area contributed by atoms with Crippen LogP contribution in [0.15, 0.2) is 12.1 Å². The van der Waals surface area contributed by atoms with E-state index in [1.54, 1.807) is 12.1 Å². The molecule has 1 unspecified atom stereocenters. The van der Waals surface area contributed by atoms with Gasteiger partial charge in [0.1, 0.15) is 5.82 Å². The Hall–Kier alpha value is -0.560. The first kappa shape index (κ1) is 12.9. The highest BCUT2D eigenvalue weighted by Gasteiger charge is 2.22. The number of benzene rings is 1. The van der Waals surface area contributed by atoms with Crippen LogP contribution in [0.5, 0.6) is 0 Å². The summed E-state index contributed by atoms with van der Waals surface area (Å²) >= 11 is 6.53. The van der Waals surface area contributed by atoms with Crippen molar-refractivity contribution >= 4 is 11.6 Å². The van der Waals surface area contributed by atoms with Gasteiger partial charge in [0, 0.05) is 0 Å². The van der Waals surface area contributed by atoms with E-state index in [9.17, 15) is 4.39 Å². The zero-order valence-electron chi connectivity index (χ0n) is 10.6. The van der Waals surface area contributed by atoms with Crippen LogP contribution in [0.25, 0.3) is 0 Å². The van der Waals surface area contributed by atoms with E-state index in [0.717, 1.165) is 29.0 Å². The van der Waals surface area contributed by atoms with E-state index in [1.807, 2.05) is 13.8 Å². The van der Waals surface area contributed by atoms with Crippen LogP contribution >= 0.6 is 11.6 Å². The van der Waals surface area contributed by atoms with Gasteiger partial charge in [0.2, 0.25) is 0 Å². The van der Waals surface area contributed by atoms with Crippen molar-refractivity contribution in [3.63, 3.8) is 0 Å². The van der Waals surface area contributed by atoms with E-state index in [0.29, 0.717) is 0 Å². The van der Waals surface area contributed by atoms with E-state index in [-0.39, 0.29) is 11.2 Å². The van der Waals surface area contributed by atoms with Crippen molar-refractivity contribution in [1.82, 2.24) is 0 Å². The maximum absolute atomic E-state index is 13.2. The first-order chi connectivity index (χ1) is 8.08. The molecule has 0 spiro atoms. The molecule has 2 rings (SSSR count). The molecule has 0 bridgehead atoms. The van der Waals surface area contributed by atoms with Gasteiger partial charge >= 0.3 is 0 Å². The van der Waals surface area contributed by atoms with E-state index >= 15 is 0 Å². The minimum Gasteiger partial charge on any atom is -0.207 e. The Morgan fingerprint density at radius 1 is 1.24 bits per heavy atom. The van der Waals surface area contributed by atoms with Crippen LogP contribution in [-0.2, 0) is 0 Å². The van der Waals surface area contributed by atoms with Crippen molar-refractivity contribution in [3.05, 3.63) is 34.6 Å². The molecule has 1 aliphatic carbocycles. The Labute approximate surface area is 108 Å². The SMILES string of the molecule is Cc1cc(F)cc(C)c1C(Cl)CC1CCCC1. The topological polar surface area (TPSA) is 0 Å². The predicted octanol–water partition coefficient (Wildman–Crippen LogP) is 5.30. The molecule has 2 heteroatoms. The summed E-state index contributed by atoms with van der Waals surface area (Å²) in [6.45, 7) is 3.91. The number of alkyl halides is 1. The Bertz CT molecular complexity index is 371. The Morgan fingerprint density at radius 2 is 1.76 bits per heavy atom. The van der Waals surface area contributed by atoms with Crippen molar-refractivity contribution in [3.8, 4) is 0 Å². The van der Waals surface area contributed by atoms with Gasteiger partial charge in [0.05, 0.1) is 5.38 Å². The number of rotatable bonds is 3. The molecule has 1 aliphatic rings. The predicted molar refractivity (Wildman–Crippen MR) is 71.0 cm³/mol. The molecule has 1 atom stereocenters. The smallest absolute Gasteiger partial charge is 0.123 e. The first-order valence-corrected chi connectivity index (χ1v) is 6.92. The zero-order valence-corrected chi connectivity index (χ0v) is 11.4. The van der Waals surface area contributed by atoms with E-state index in [2.05, 4.69) is 0 Å². The molecular weight excluding hydrogens is 235 g/mol. The van der Waals surface area contributed by atoms with Crippen molar-refractivity contribution in [2.45, 2.75) is 51.3 Å². The summed E-state index contributed by atoms with van der Waals surface area (Å²) in [6.07, 6.45) is 6.34. The minimum absolute atomic E-state index is 0.0405. The van der Waals surface area contributed by atoms with Crippen LogP contribution < -0.4 is 0 Å². The summed E-state index contributed by atoms with van der Waals surface area (Å²) in [5.41, 5.74) is 3.11. The molecule has 0 N–H and O–H groups in total. The summed E-state index contributed by atoms with van der Waals surface area (Å²) < 4.78 is 13.2. The third-order valence-electron chi connectivity index (χ3n) is 3.89. The fourth-order valence-electron chi connectivity index (χ4n) is 3.07. The molecule has 0 saturated heterocycles. The van der Waals surface area contributed by atoms with Crippen LogP contribution in [-0.4, -0.2) is 0 Å². The van der Waals surface area contributed by atoms with E-state index < -0.39 is 0 Å². The average Bonchev–Trinajstić information content (AvgIpc) is 2.68. The highest BCUT2D eigenvalue weighted by Crippen LogP contribution is 2.38. The Kier molecular flexibility index (Phi) is 4.09. The molecule has 94 valence electrons. The first-order valence-electron chi connectivity index (χ1n) is 6.48. The maximum Gasteiger partial charge on any atom is 0.123 e. The van der Waals surface area contributed by atoms with Gasteiger partial charge in [-0.1, -0.05) is 25.7 Å². The highest BCUT2D eigenvalue weighted by molar-refractivity contribution is 6.21. The highest BCUT2D eigenvalue weighted by atomic mass is 35.5. The fourth-order valence-corrected chi connectivity index (χ4v) is 3.67. The molecule has 0 aromatic heterocycles. The van der Waals surface area contributed by atoms with Crippen LogP contribution in [0.2, 0.25) is 0 Å². The third-order valence-corrected chi connectivity index (χ3v) is 4.28. The molecule has 1 fully saturated rings. The maximum atomic E-state index is 13.2. The van der Waals surface area contributed by atoms with Crippen molar-refractivity contribution in [2.75, 3.05) is 0 Å². The van der Waals surface area contributed by atoms with Gasteiger partial charge in [0.15, 0.2) is 0 Å². The fraction of sp³-hybridized carbons (Fsp3) is 0.600. The normalized spacial score (nSPS) is 18.6. The molecule has 0 aliphatic heterocycles. The van der Waals surface area contributed by atoms with Crippen LogP contribution in [0.4, 0.5) is 4.39 Å². The van der Waals surface area contributed by atoms with Gasteiger partial charge in [-0.2, -0.15) is 0 Å². The second kappa shape index (κ2) is 5.39. The second-order valence-electron chi connectivity index (χ2n) is 5.31. The summed E-state index contributed by atoms with van der Waals surface area (Å²) in [6, 6.07) is 3.18. The molecule has 1 aromatic rings. The lowest BCUT2D eigenvalue weighted by Gasteiger charge is -2.19. The van der Waals surface area contributed by atoms with Crippen molar-refractivity contribution in [2.24, 2.45) is 5.92 Å². The minimum atomic E-state index is -0.159. The lowest BCUT2D eigenvalue weighted by atomic mass is 9.92. The Morgan fingerprint density at radius 3 is 2.29 bits per heavy atom. The number of hydrogen-bond donors (Lipinski definition) is 0. The van der Waals surface area contributed by atoms with Crippen molar-refractivity contribution in [1.29, 1.82) is 0 Å². The molecule has 0 nitrogen and oxygen atoms in total. The number of hydrogen-bond acceptors (Lipinski definition) is 0. The van der Waals surface area contributed by atoms with Gasteiger partial charge in [-0.15, -0.1) is 11.6 Å². The standard InChI is InChI=1S/C15H20ClF/c1-10-7-13(17)8-11(2)15(10)14(16)9-12-5-3-4-6-12/h7-8,12,14H,3-6,9H2,1-2H3. The van der Waals surface area contributed by atoms with Gasteiger partial charge in [0.25, 0.3) is 0 Å². The molecule has 0 radical (unpaired) electrons. The second-order valence-corrected chi connectivity index (χ2v) is 5.83. The number of aryl methyl sites for hydroxylation is 2. The van der Waals surface area contributed by atoms with Crippen LogP contribution in [0, 0.1) is 25.6 Å². The molecule has 1 aromatic carbocycles. The van der Waals surface area contributed by atoms with Gasteiger partial charge in [-0.25, -0.2) is 4.39 Å². The summed E-state index contributed by atoms with van der Waals surface area (Å²) in [4.78, 5) is 0. The molecular formula is C15H20ClF. The molecule has 0 heterocycles. The number of halogens is 2. The monoisotopic (exact) mass is 254 g/mol. The van der Waals surface area contributed by atoms with Gasteiger partial charge in [-0.3, -0.25) is 0 Å². The lowest BCUT2D eigenvalue weighted by Crippen LogP contribution is -2.04. The molecule has 0 amide bonds. The quantitative estimate of drug-likeness (QED) is 0.642. The zero-order chi connectivity index (χ0) is 12.4. The van der Waals surface area contributed by atoms with Gasteiger partial charge in [-0.05, 0) is 55.0 Å². The summed E-state index contributed by atoms with van der Waals surface area (Å²) in [7, 11) is 0. The van der Waals surface area contributed by atoms with Gasteiger partial charge < -0.3 is 0 Å². The third kappa shape index (κ3) is 3.01. The summed E-state index contributed by atoms with van der Waals surface area (Å²) in [5, 5.41) is 0.0405. The van der Waals surface area contributed by atoms with Crippen LogP contribution in [0.1, 0.15) is 54.2 Å². The lowest BCUT2D eigenvalue weighted by molar-refractivity contribution is 0.494. The van der Waals surface area contributed by atoms with Crippen molar-refractivity contribution < 1.29 is 4.39 Å². The van der Waals surface area contributed by atoms with E-state index in [1.165, 1.54) is 25.7 Å². The van der Waals surface area contributed by atoms with E-state index in [4.69, 9.17) is 11.6 Å². The largest absolute Gasteiger partial charge is 0.207 e. The Balaban J connectivity index is 2.15. The van der Waals surface area contributed by atoms with Crippen LogP contribution in [0.3, 0.4) is 0 Å². The molecule has 1 saturated carbocycles. The molecule has 17 heavy (non-hydrogen) atoms.